The minimum absolute atomic E-state index is 0.179. The third-order valence-electron chi connectivity index (χ3n) is 3.13. The van der Waals surface area contributed by atoms with E-state index in [1.807, 2.05) is 30.3 Å². The standard InChI is InChI=1S/C17H18FNO2/c18-15-8-6-14(7-9-15)11-17(21)19-12-16(20)10-13-4-2-1-3-5-13/h1-9,16,20H,10-12H2,(H,19,21). The van der Waals surface area contributed by atoms with Crippen molar-refractivity contribution in [2.24, 2.45) is 0 Å². The van der Waals surface area contributed by atoms with Crippen LogP contribution in [0, 0.1) is 5.82 Å². The van der Waals surface area contributed by atoms with Crippen LogP contribution in [-0.4, -0.2) is 23.7 Å². The Balaban J connectivity index is 1.74. The number of amides is 1. The van der Waals surface area contributed by atoms with Crippen molar-refractivity contribution in [1.29, 1.82) is 0 Å². The van der Waals surface area contributed by atoms with Crippen LogP contribution in [0.1, 0.15) is 11.1 Å². The zero-order chi connectivity index (χ0) is 15.1. The maximum atomic E-state index is 12.8. The SMILES string of the molecule is O=C(Cc1ccc(F)cc1)NCC(O)Cc1ccccc1. The molecule has 0 aliphatic heterocycles. The smallest absolute Gasteiger partial charge is 0.224 e. The molecule has 0 aromatic heterocycles. The maximum absolute atomic E-state index is 12.8. The number of halogens is 1. The average Bonchev–Trinajstić information content (AvgIpc) is 2.49. The second-order valence-corrected chi connectivity index (χ2v) is 4.95. The predicted octanol–water partition coefficient (Wildman–Crippen LogP) is 2.09. The Bertz CT molecular complexity index is 569. The number of carbonyl (C=O) groups excluding carboxylic acids is 1. The number of rotatable bonds is 6. The second-order valence-electron chi connectivity index (χ2n) is 4.95. The van der Waals surface area contributed by atoms with Crippen LogP contribution in [0.3, 0.4) is 0 Å². The largest absolute Gasteiger partial charge is 0.391 e. The average molecular weight is 287 g/mol. The minimum atomic E-state index is -0.621. The van der Waals surface area contributed by atoms with Gasteiger partial charge in [0, 0.05) is 13.0 Å². The van der Waals surface area contributed by atoms with E-state index in [0.29, 0.717) is 6.42 Å². The van der Waals surface area contributed by atoms with E-state index in [9.17, 15) is 14.3 Å². The molecule has 0 bridgehead atoms. The molecular formula is C17H18FNO2. The number of hydrogen-bond donors (Lipinski definition) is 2. The number of benzene rings is 2. The van der Waals surface area contributed by atoms with E-state index in [1.54, 1.807) is 12.1 Å². The molecule has 2 aromatic carbocycles. The first-order valence-electron chi connectivity index (χ1n) is 6.86. The normalized spacial score (nSPS) is 11.9. The molecule has 0 radical (unpaired) electrons. The van der Waals surface area contributed by atoms with E-state index in [1.165, 1.54) is 12.1 Å². The highest BCUT2D eigenvalue weighted by Crippen LogP contribution is 2.04. The van der Waals surface area contributed by atoms with Crippen LogP contribution in [0.4, 0.5) is 4.39 Å². The Hall–Kier alpha value is -2.20. The van der Waals surface area contributed by atoms with E-state index < -0.39 is 6.10 Å². The van der Waals surface area contributed by atoms with Gasteiger partial charge < -0.3 is 10.4 Å². The van der Waals surface area contributed by atoms with Crippen molar-refractivity contribution in [2.75, 3.05) is 6.54 Å². The summed E-state index contributed by atoms with van der Waals surface area (Å²) in [5.41, 5.74) is 1.77. The lowest BCUT2D eigenvalue weighted by molar-refractivity contribution is -0.120. The number of aliphatic hydroxyl groups is 1. The third-order valence-corrected chi connectivity index (χ3v) is 3.13. The first-order chi connectivity index (χ1) is 10.1. The van der Waals surface area contributed by atoms with E-state index in [4.69, 9.17) is 0 Å². The van der Waals surface area contributed by atoms with Crippen molar-refractivity contribution in [3.63, 3.8) is 0 Å². The van der Waals surface area contributed by atoms with Crippen LogP contribution >= 0.6 is 0 Å². The van der Waals surface area contributed by atoms with E-state index in [2.05, 4.69) is 5.32 Å². The second kappa shape index (κ2) is 7.55. The van der Waals surface area contributed by atoms with Gasteiger partial charge in [0.05, 0.1) is 12.5 Å². The summed E-state index contributed by atoms with van der Waals surface area (Å²) in [6.45, 7) is 0.203. The van der Waals surface area contributed by atoms with Gasteiger partial charge in [-0.15, -0.1) is 0 Å². The molecule has 1 unspecified atom stereocenters. The van der Waals surface area contributed by atoms with Crippen molar-refractivity contribution < 1.29 is 14.3 Å². The number of carbonyl (C=O) groups is 1. The van der Waals surface area contributed by atoms with Crippen LogP contribution < -0.4 is 5.32 Å². The van der Waals surface area contributed by atoms with Crippen LogP contribution in [0.25, 0.3) is 0 Å². The summed E-state index contributed by atoms with van der Waals surface area (Å²) >= 11 is 0. The van der Waals surface area contributed by atoms with Gasteiger partial charge in [-0.3, -0.25) is 4.79 Å². The number of hydrogen-bond acceptors (Lipinski definition) is 2. The first kappa shape index (κ1) is 15.2. The minimum Gasteiger partial charge on any atom is -0.391 e. The highest BCUT2D eigenvalue weighted by atomic mass is 19.1. The highest BCUT2D eigenvalue weighted by molar-refractivity contribution is 5.78. The van der Waals surface area contributed by atoms with Gasteiger partial charge in [-0.05, 0) is 23.3 Å². The van der Waals surface area contributed by atoms with Crippen LogP contribution in [0.5, 0.6) is 0 Å². The van der Waals surface area contributed by atoms with Crippen LogP contribution in [0.15, 0.2) is 54.6 Å². The molecule has 1 amide bonds. The van der Waals surface area contributed by atoms with Gasteiger partial charge in [0.15, 0.2) is 0 Å². The van der Waals surface area contributed by atoms with Crippen molar-refractivity contribution >= 4 is 5.91 Å². The van der Waals surface area contributed by atoms with Crippen molar-refractivity contribution in [2.45, 2.75) is 18.9 Å². The fourth-order valence-electron chi connectivity index (χ4n) is 2.04. The fourth-order valence-corrected chi connectivity index (χ4v) is 2.04. The van der Waals surface area contributed by atoms with Crippen LogP contribution in [0.2, 0.25) is 0 Å². The summed E-state index contributed by atoms with van der Waals surface area (Å²) in [5, 5.41) is 12.6. The van der Waals surface area contributed by atoms with Gasteiger partial charge in [-0.25, -0.2) is 4.39 Å². The summed E-state index contributed by atoms with van der Waals surface area (Å²) in [6.07, 6.45) is 0.0558. The third kappa shape index (κ3) is 5.36. The predicted molar refractivity (Wildman–Crippen MR) is 79.3 cm³/mol. The van der Waals surface area contributed by atoms with Gasteiger partial charge in [0.1, 0.15) is 5.82 Å². The Kier molecular flexibility index (Phi) is 5.46. The monoisotopic (exact) mass is 287 g/mol. The van der Waals surface area contributed by atoms with Crippen molar-refractivity contribution in [3.05, 3.63) is 71.5 Å². The zero-order valence-corrected chi connectivity index (χ0v) is 11.6. The molecule has 0 aliphatic carbocycles. The van der Waals surface area contributed by atoms with Gasteiger partial charge in [0.25, 0.3) is 0 Å². The molecule has 2 rings (SSSR count). The molecule has 0 aliphatic rings. The number of nitrogens with one attached hydrogen (secondary N) is 1. The van der Waals surface area contributed by atoms with E-state index in [0.717, 1.165) is 11.1 Å². The molecule has 2 N–H and O–H groups in total. The summed E-state index contributed by atoms with van der Waals surface area (Å²) in [4.78, 5) is 11.7. The molecule has 110 valence electrons. The Morgan fingerprint density at radius 3 is 2.38 bits per heavy atom. The van der Waals surface area contributed by atoms with E-state index >= 15 is 0 Å². The van der Waals surface area contributed by atoms with Gasteiger partial charge in [0.2, 0.25) is 5.91 Å². The summed E-state index contributed by atoms with van der Waals surface area (Å²) < 4.78 is 12.8. The topological polar surface area (TPSA) is 49.3 Å². The lowest BCUT2D eigenvalue weighted by Gasteiger charge is -2.12. The zero-order valence-electron chi connectivity index (χ0n) is 11.6. The summed E-state index contributed by atoms with van der Waals surface area (Å²) in [7, 11) is 0. The highest BCUT2D eigenvalue weighted by Gasteiger charge is 2.08. The first-order valence-corrected chi connectivity index (χ1v) is 6.86. The lowest BCUT2D eigenvalue weighted by atomic mass is 10.1. The van der Waals surface area contributed by atoms with E-state index in [-0.39, 0.29) is 24.7 Å². The molecule has 4 heteroatoms. The molecule has 21 heavy (non-hydrogen) atoms. The Morgan fingerprint density at radius 1 is 1.05 bits per heavy atom. The molecule has 0 fully saturated rings. The quantitative estimate of drug-likeness (QED) is 0.854. The van der Waals surface area contributed by atoms with Gasteiger partial charge >= 0.3 is 0 Å². The lowest BCUT2D eigenvalue weighted by Crippen LogP contribution is -2.34. The van der Waals surface area contributed by atoms with Crippen molar-refractivity contribution in [1.82, 2.24) is 5.32 Å². The van der Waals surface area contributed by atoms with Gasteiger partial charge in [-0.1, -0.05) is 42.5 Å². The molecule has 2 aromatic rings. The molecule has 0 saturated heterocycles. The molecule has 3 nitrogen and oxygen atoms in total. The molecule has 0 spiro atoms. The maximum Gasteiger partial charge on any atom is 0.224 e. The van der Waals surface area contributed by atoms with Crippen molar-refractivity contribution in [3.8, 4) is 0 Å². The van der Waals surface area contributed by atoms with Gasteiger partial charge in [-0.2, -0.15) is 0 Å². The summed E-state index contributed by atoms with van der Waals surface area (Å²) in [5.74, 6) is -0.508. The fraction of sp³-hybridized carbons (Fsp3) is 0.235. The Morgan fingerprint density at radius 2 is 1.71 bits per heavy atom. The molecule has 0 heterocycles. The summed E-state index contributed by atoms with van der Waals surface area (Å²) in [6, 6.07) is 15.4. The molecule has 1 atom stereocenters. The molecular weight excluding hydrogens is 269 g/mol. The molecule has 0 saturated carbocycles. The van der Waals surface area contributed by atoms with Crippen LogP contribution in [-0.2, 0) is 17.6 Å². The number of aliphatic hydroxyl groups excluding tert-OH is 1. The Labute approximate surface area is 123 Å².